The van der Waals surface area contributed by atoms with Crippen molar-refractivity contribution in [2.75, 3.05) is 5.32 Å². The monoisotopic (exact) mass is 444 g/mol. The molecule has 0 spiro atoms. The number of oxazole rings is 1. The SMILES string of the molecule is O=C(C[C@H](CCCC(=O)c1ncc(-c2ccccc2)o1)C1CCCCC1)Nc1ccccc1. The van der Waals surface area contributed by atoms with Gasteiger partial charge in [0, 0.05) is 24.1 Å². The van der Waals surface area contributed by atoms with Gasteiger partial charge in [-0.15, -0.1) is 0 Å². The van der Waals surface area contributed by atoms with Crippen LogP contribution in [0.15, 0.2) is 71.3 Å². The van der Waals surface area contributed by atoms with E-state index in [2.05, 4.69) is 10.3 Å². The standard InChI is InChI=1S/C28H32N2O3/c31-25(28-29-20-26(33-28)22-13-6-2-7-14-22)18-10-15-23(21-11-4-1-5-12-21)19-27(32)30-24-16-8-3-9-17-24/h2-3,6-9,13-14,16-17,20-21,23H,1,4-5,10-12,15,18-19H2,(H,30,32)/t23-/m0/s1. The van der Waals surface area contributed by atoms with Crippen LogP contribution in [0.1, 0.15) is 68.5 Å². The lowest BCUT2D eigenvalue weighted by molar-refractivity contribution is -0.117. The number of carbonyl (C=O) groups is 2. The van der Waals surface area contributed by atoms with Gasteiger partial charge >= 0.3 is 0 Å². The molecule has 3 aromatic rings. The number of rotatable bonds is 10. The zero-order valence-electron chi connectivity index (χ0n) is 19.0. The predicted molar refractivity (Wildman–Crippen MR) is 130 cm³/mol. The predicted octanol–water partition coefficient (Wildman–Crippen LogP) is 6.92. The van der Waals surface area contributed by atoms with E-state index in [1.54, 1.807) is 6.20 Å². The van der Waals surface area contributed by atoms with Gasteiger partial charge in [0.15, 0.2) is 5.76 Å². The molecule has 172 valence electrons. The van der Waals surface area contributed by atoms with Gasteiger partial charge < -0.3 is 9.73 Å². The number of aromatic nitrogens is 1. The highest BCUT2D eigenvalue weighted by Crippen LogP contribution is 2.35. The maximum absolute atomic E-state index is 12.7. The number of nitrogens with zero attached hydrogens (tertiary/aromatic N) is 1. The summed E-state index contributed by atoms with van der Waals surface area (Å²) in [5, 5.41) is 3.02. The minimum Gasteiger partial charge on any atom is -0.434 e. The van der Waals surface area contributed by atoms with E-state index in [9.17, 15) is 9.59 Å². The van der Waals surface area contributed by atoms with Crippen LogP contribution in [0.25, 0.3) is 11.3 Å². The summed E-state index contributed by atoms with van der Waals surface area (Å²) in [6.07, 6.45) is 10.2. The lowest BCUT2D eigenvalue weighted by Crippen LogP contribution is -2.24. The van der Waals surface area contributed by atoms with Crippen molar-refractivity contribution in [1.82, 2.24) is 4.98 Å². The number of amides is 1. The molecule has 0 saturated heterocycles. The van der Waals surface area contributed by atoms with Gasteiger partial charge in [-0.2, -0.15) is 0 Å². The van der Waals surface area contributed by atoms with Gasteiger partial charge in [0.1, 0.15) is 0 Å². The Morgan fingerprint density at radius 1 is 0.970 bits per heavy atom. The molecule has 33 heavy (non-hydrogen) atoms. The Kier molecular flexibility index (Phi) is 8.07. The van der Waals surface area contributed by atoms with Crippen molar-refractivity contribution >= 4 is 17.4 Å². The molecule has 2 aromatic carbocycles. The van der Waals surface area contributed by atoms with Crippen LogP contribution in [0, 0.1) is 11.8 Å². The van der Waals surface area contributed by atoms with Crippen LogP contribution < -0.4 is 5.32 Å². The normalized spacial score (nSPS) is 15.2. The summed E-state index contributed by atoms with van der Waals surface area (Å²) < 4.78 is 5.71. The average Bonchev–Trinajstić information content (AvgIpc) is 3.36. The van der Waals surface area contributed by atoms with Crippen LogP contribution in [0.5, 0.6) is 0 Å². The van der Waals surface area contributed by atoms with Crippen molar-refractivity contribution in [3.05, 3.63) is 72.8 Å². The highest BCUT2D eigenvalue weighted by molar-refractivity contribution is 5.92. The first kappa shape index (κ1) is 23.0. The van der Waals surface area contributed by atoms with Crippen LogP contribution in [0.4, 0.5) is 5.69 Å². The topological polar surface area (TPSA) is 72.2 Å². The van der Waals surface area contributed by atoms with Gasteiger partial charge in [-0.3, -0.25) is 9.59 Å². The number of benzene rings is 2. The zero-order valence-corrected chi connectivity index (χ0v) is 19.0. The second-order valence-corrected chi connectivity index (χ2v) is 8.99. The summed E-state index contributed by atoms with van der Waals surface area (Å²) in [7, 11) is 0. The van der Waals surface area contributed by atoms with Crippen LogP contribution >= 0.6 is 0 Å². The van der Waals surface area contributed by atoms with Gasteiger partial charge in [0.2, 0.25) is 11.7 Å². The van der Waals surface area contributed by atoms with Crippen LogP contribution in [-0.4, -0.2) is 16.7 Å². The van der Waals surface area contributed by atoms with Crippen molar-refractivity contribution in [2.45, 2.75) is 57.8 Å². The van der Waals surface area contributed by atoms with Crippen molar-refractivity contribution in [1.29, 1.82) is 0 Å². The number of para-hydroxylation sites is 1. The third-order valence-corrected chi connectivity index (χ3v) is 6.60. The molecule has 0 radical (unpaired) electrons. The average molecular weight is 445 g/mol. The van der Waals surface area contributed by atoms with E-state index in [4.69, 9.17) is 4.42 Å². The van der Waals surface area contributed by atoms with Gasteiger partial charge in [-0.05, 0) is 36.8 Å². The maximum Gasteiger partial charge on any atom is 0.263 e. The fraction of sp³-hybridized carbons (Fsp3) is 0.393. The molecule has 1 N–H and O–H groups in total. The Morgan fingerprint density at radius 3 is 2.39 bits per heavy atom. The molecule has 1 saturated carbocycles. The largest absolute Gasteiger partial charge is 0.434 e. The molecule has 1 aromatic heterocycles. The molecule has 0 aliphatic heterocycles. The Morgan fingerprint density at radius 2 is 1.67 bits per heavy atom. The minimum atomic E-state index is -0.0756. The summed E-state index contributed by atoms with van der Waals surface area (Å²) in [4.78, 5) is 29.6. The highest BCUT2D eigenvalue weighted by Gasteiger charge is 2.26. The van der Waals surface area contributed by atoms with E-state index in [1.807, 2.05) is 60.7 Å². The van der Waals surface area contributed by atoms with Crippen LogP contribution in [0.3, 0.4) is 0 Å². The van der Waals surface area contributed by atoms with Gasteiger partial charge in [0.05, 0.1) is 6.20 Å². The molecule has 0 bridgehead atoms. The zero-order chi connectivity index (χ0) is 22.9. The Labute approximate surface area is 195 Å². The van der Waals surface area contributed by atoms with Crippen molar-refractivity contribution < 1.29 is 14.0 Å². The minimum absolute atomic E-state index is 0.0586. The number of anilines is 1. The Hall–Kier alpha value is -3.21. The second-order valence-electron chi connectivity index (χ2n) is 8.99. The summed E-state index contributed by atoms with van der Waals surface area (Å²) in [5.74, 6) is 1.62. The summed E-state index contributed by atoms with van der Waals surface area (Å²) in [6, 6.07) is 19.3. The third-order valence-electron chi connectivity index (χ3n) is 6.60. The third kappa shape index (κ3) is 6.64. The van der Waals surface area contributed by atoms with Gasteiger partial charge in [-0.1, -0.05) is 80.6 Å². The Bertz CT molecular complexity index is 1020. The maximum atomic E-state index is 12.7. The molecule has 5 heteroatoms. The molecule has 1 heterocycles. The highest BCUT2D eigenvalue weighted by atomic mass is 16.4. The molecule has 4 rings (SSSR count). The van der Waals surface area contributed by atoms with Crippen molar-refractivity contribution in [3.63, 3.8) is 0 Å². The first-order valence-corrected chi connectivity index (χ1v) is 12.1. The van der Waals surface area contributed by atoms with E-state index in [0.29, 0.717) is 30.4 Å². The number of nitrogens with one attached hydrogen (secondary N) is 1. The number of Topliss-reactive ketones (excluding diaryl/α,β-unsaturated/α-hetero) is 1. The van der Waals surface area contributed by atoms with E-state index >= 15 is 0 Å². The van der Waals surface area contributed by atoms with Gasteiger partial charge in [-0.25, -0.2) is 4.98 Å². The van der Waals surface area contributed by atoms with E-state index in [-0.39, 0.29) is 17.6 Å². The summed E-state index contributed by atoms with van der Waals surface area (Å²) in [5.41, 5.74) is 1.74. The fourth-order valence-electron chi connectivity index (χ4n) is 4.85. The van der Waals surface area contributed by atoms with E-state index in [0.717, 1.165) is 24.1 Å². The number of carbonyl (C=O) groups excluding carboxylic acids is 2. The quantitative estimate of drug-likeness (QED) is 0.345. The summed E-state index contributed by atoms with van der Waals surface area (Å²) >= 11 is 0. The van der Waals surface area contributed by atoms with Crippen molar-refractivity contribution in [3.8, 4) is 11.3 Å². The lowest BCUT2D eigenvalue weighted by Gasteiger charge is -2.30. The van der Waals surface area contributed by atoms with Gasteiger partial charge in [0.25, 0.3) is 5.89 Å². The van der Waals surface area contributed by atoms with Crippen LogP contribution in [-0.2, 0) is 4.79 Å². The smallest absolute Gasteiger partial charge is 0.263 e. The fourth-order valence-corrected chi connectivity index (χ4v) is 4.85. The molecule has 0 unspecified atom stereocenters. The molecule has 1 amide bonds. The number of hydrogen-bond donors (Lipinski definition) is 1. The first-order chi connectivity index (χ1) is 16.2. The molecule has 5 nitrogen and oxygen atoms in total. The number of hydrogen-bond acceptors (Lipinski definition) is 4. The molecule has 1 atom stereocenters. The van der Waals surface area contributed by atoms with E-state index < -0.39 is 0 Å². The molecule has 1 aliphatic rings. The lowest BCUT2D eigenvalue weighted by atomic mass is 9.76. The van der Waals surface area contributed by atoms with Crippen molar-refractivity contribution in [2.24, 2.45) is 11.8 Å². The van der Waals surface area contributed by atoms with E-state index in [1.165, 1.54) is 32.1 Å². The number of ketones is 1. The molecule has 1 aliphatic carbocycles. The molecule has 1 fully saturated rings. The Balaban J connectivity index is 1.32. The summed E-state index contributed by atoms with van der Waals surface area (Å²) in [6.45, 7) is 0. The second kappa shape index (κ2) is 11.6. The first-order valence-electron chi connectivity index (χ1n) is 12.1. The molecular formula is C28H32N2O3. The van der Waals surface area contributed by atoms with Crippen LogP contribution in [0.2, 0.25) is 0 Å². The molecular weight excluding hydrogens is 412 g/mol.